The van der Waals surface area contributed by atoms with Crippen LogP contribution in [0.25, 0.3) is 0 Å². The summed E-state index contributed by atoms with van der Waals surface area (Å²) in [5.74, 6) is 0.932. The topological polar surface area (TPSA) is 67.9 Å². The number of benzene rings is 2. The molecule has 1 heterocycles. The monoisotopic (exact) mass is 402 g/mol. The fourth-order valence-corrected chi connectivity index (χ4v) is 3.66. The Morgan fingerprint density at radius 1 is 1.18 bits per heavy atom. The molecule has 1 aliphatic heterocycles. The van der Waals surface area contributed by atoms with Gasteiger partial charge in [0.1, 0.15) is 11.5 Å². The fraction of sp³-hybridized carbons (Fsp3) is 0.333. The quantitative estimate of drug-likeness (QED) is 0.803. The first-order chi connectivity index (χ1) is 13.5. The molecule has 0 spiro atoms. The van der Waals surface area contributed by atoms with E-state index in [4.69, 9.17) is 21.1 Å². The van der Waals surface area contributed by atoms with Gasteiger partial charge in [0.05, 0.1) is 26.8 Å². The Kier molecular flexibility index (Phi) is 6.41. The first-order valence-electron chi connectivity index (χ1n) is 9.08. The number of hydrogen-bond acceptors (Lipinski definition) is 4. The maximum Gasteiger partial charge on any atom is 0.251 e. The van der Waals surface area contributed by atoms with Gasteiger partial charge in [-0.15, -0.1) is 0 Å². The van der Waals surface area contributed by atoms with Gasteiger partial charge in [-0.1, -0.05) is 17.7 Å². The molecule has 2 amide bonds. The smallest absolute Gasteiger partial charge is 0.251 e. The van der Waals surface area contributed by atoms with Crippen molar-refractivity contribution in [3.63, 3.8) is 0 Å². The molecule has 2 aromatic rings. The molecule has 2 aromatic carbocycles. The number of ether oxygens (including phenoxy) is 2. The predicted octanol–water partition coefficient (Wildman–Crippen LogP) is 3.45. The molecule has 28 heavy (non-hydrogen) atoms. The highest BCUT2D eigenvalue weighted by Crippen LogP contribution is 2.38. The van der Waals surface area contributed by atoms with Crippen LogP contribution in [0.3, 0.4) is 0 Å². The Bertz CT molecular complexity index is 871. The SMILES string of the molecule is COc1ccc(C2CCCN2C(=O)CNC(=O)c2cccc(Cl)c2)c(OC)c1. The minimum Gasteiger partial charge on any atom is -0.497 e. The fourth-order valence-electron chi connectivity index (χ4n) is 3.47. The Hall–Kier alpha value is -2.73. The summed E-state index contributed by atoms with van der Waals surface area (Å²) in [7, 11) is 3.20. The van der Waals surface area contributed by atoms with Crippen molar-refractivity contribution in [2.45, 2.75) is 18.9 Å². The second kappa shape index (κ2) is 8.97. The third kappa shape index (κ3) is 4.39. The zero-order valence-electron chi connectivity index (χ0n) is 15.9. The number of halogens is 1. The Labute approximate surface area is 169 Å². The maximum atomic E-state index is 12.8. The molecule has 0 aromatic heterocycles. The lowest BCUT2D eigenvalue weighted by Crippen LogP contribution is -2.39. The van der Waals surface area contributed by atoms with Gasteiger partial charge in [-0.3, -0.25) is 9.59 Å². The number of rotatable bonds is 6. The van der Waals surface area contributed by atoms with Gasteiger partial charge in [-0.2, -0.15) is 0 Å². The van der Waals surface area contributed by atoms with E-state index in [1.807, 2.05) is 18.2 Å². The van der Waals surface area contributed by atoms with Gasteiger partial charge in [0.2, 0.25) is 5.91 Å². The summed E-state index contributed by atoms with van der Waals surface area (Å²) in [5.41, 5.74) is 1.37. The van der Waals surface area contributed by atoms with Crippen molar-refractivity contribution in [2.75, 3.05) is 27.3 Å². The van der Waals surface area contributed by atoms with Crippen LogP contribution in [0, 0.1) is 0 Å². The number of likely N-dealkylation sites (tertiary alicyclic amines) is 1. The average Bonchev–Trinajstić information content (AvgIpc) is 3.20. The molecule has 1 unspecified atom stereocenters. The minimum absolute atomic E-state index is 0.0691. The second-order valence-electron chi connectivity index (χ2n) is 6.55. The van der Waals surface area contributed by atoms with E-state index < -0.39 is 0 Å². The second-order valence-corrected chi connectivity index (χ2v) is 6.98. The Balaban J connectivity index is 1.69. The van der Waals surface area contributed by atoms with Crippen LogP contribution in [-0.2, 0) is 4.79 Å². The normalized spacial score (nSPS) is 16.0. The molecule has 1 N–H and O–H groups in total. The summed E-state index contributed by atoms with van der Waals surface area (Å²) in [6.07, 6.45) is 1.74. The van der Waals surface area contributed by atoms with Gasteiger partial charge in [-0.05, 0) is 43.2 Å². The summed E-state index contributed by atoms with van der Waals surface area (Å²) in [4.78, 5) is 26.8. The molecule has 148 valence electrons. The molecule has 0 radical (unpaired) electrons. The van der Waals surface area contributed by atoms with E-state index in [0.29, 0.717) is 28.6 Å². The number of hydrogen-bond donors (Lipinski definition) is 1. The zero-order chi connectivity index (χ0) is 20.1. The number of nitrogens with zero attached hydrogens (tertiary/aromatic N) is 1. The minimum atomic E-state index is -0.325. The summed E-state index contributed by atoms with van der Waals surface area (Å²) in [5, 5.41) is 3.16. The number of carbonyl (C=O) groups excluding carboxylic acids is 2. The van der Waals surface area contributed by atoms with Crippen LogP contribution in [0.1, 0.15) is 34.8 Å². The molecular formula is C21H23ClN2O4. The lowest BCUT2D eigenvalue weighted by Gasteiger charge is -2.26. The highest BCUT2D eigenvalue weighted by Gasteiger charge is 2.32. The molecule has 1 fully saturated rings. The Morgan fingerprint density at radius 3 is 2.71 bits per heavy atom. The van der Waals surface area contributed by atoms with Gasteiger partial charge in [0.15, 0.2) is 0 Å². The first kappa shape index (κ1) is 20.0. The number of nitrogens with one attached hydrogen (secondary N) is 1. The largest absolute Gasteiger partial charge is 0.497 e. The van der Waals surface area contributed by atoms with Gasteiger partial charge >= 0.3 is 0 Å². The molecule has 0 aliphatic carbocycles. The van der Waals surface area contributed by atoms with Crippen molar-refractivity contribution in [1.82, 2.24) is 10.2 Å². The number of carbonyl (C=O) groups is 2. The molecule has 0 saturated carbocycles. The third-order valence-corrected chi connectivity index (χ3v) is 5.09. The molecule has 1 aliphatic rings. The van der Waals surface area contributed by atoms with Gasteiger partial charge in [0, 0.05) is 28.8 Å². The molecule has 1 atom stereocenters. The summed E-state index contributed by atoms with van der Waals surface area (Å²) < 4.78 is 10.7. The van der Waals surface area contributed by atoms with E-state index in [9.17, 15) is 9.59 Å². The Morgan fingerprint density at radius 2 is 2.00 bits per heavy atom. The number of amides is 2. The summed E-state index contributed by atoms with van der Waals surface area (Å²) in [6.45, 7) is 0.575. The molecule has 0 bridgehead atoms. The predicted molar refractivity (Wildman–Crippen MR) is 107 cm³/mol. The van der Waals surface area contributed by atoms with Crippen LogP contribution in [0.4, 0.5) is 0 Å². The van der Waals surface area contributed by atoms with Crippen LogP contribution in [-0.4, -0.2) is 44.0 Å². The lowest BCUT2D eigenvalue weighted by atomic mass is 10.0. The maximum absolute atomic E-state index is 12.8. The molecule has 1 saturated heterocycles. The van der Waals surface area contributed by atoms with Crippen LogP contribution < -0.4 is 14.8 Å². The molecule has 3 rings (SSSR count). The van der Waals surface area contributed by atoms with Crippen molar-refractivity contribution in [3.8, 4) is 11.5 Å². The van der Waals surface area contributed by atoms with E-state index >= 15 is 0 Å². The molecular weight excluding hydrogens is 380 g/mol. The van der Waals surface area contributed by atoms with Gasteiger partial charge in [-0.25, -0.2) is 0 Å². The summed E-state index contributed by atoms with van der Waals surface area (Å²) >= 11 is 5.92. The zero-order valence-corrected chi connectivity index (χ0v) is 16.7. The highest BCUT2D eigenvalue weighted by atomic mass is 35.5. The van der Waals surface area contributed by atoms with Gasteiger partial charge < -0.3 is 19.7 Å². The lowest BCUT2D eigenvalue weighted by molar-refractivity contribution is -0.131. The van der Waals surface area contributed by atoms with Crippen LogP contribution in [0.2, 0.25) is 5.02 Å². The van der Waals surface area contributed by atoms with E-state index in [1.54, 1.807) is 43.4 Å². The summed E-state index contributed by atoms with van der Waals surface area (Å²) in [6, 6.07) is 12.1. The van der Waals surface area contributed by atoms with Gasteiger partial charge in [0.25, 0.3) is 5.91 Å². The standard InChI is InChI=1S/C21H23ClN2O4/c1-27-16-8-9-17(19(12-16)28-2)18-7-4-10-24(18)20(25)13-23-21(26)14-5-3-6-15(22)11-14/h3,5-6,8-9,11-12,18H,4,7,10,13H2,1-2H3,(H,23,26). The van der Waals surface area contributed by atoms with Crippen LogP contribution in [0.15, 0.2) is 42.5 Å². The highest BCUT2D eigenvalue weighted by molar-refractivity contribution is 6.30. The van der Waals surface area contributed by atoms with E-state index in [1.165, 1.54) is 0 Å². The third-order valence-electron chi connectivity index (χ3n) is 4.86. The first-order valence-corrected chi connectivity index (χ1v) is 9.46. The van der Waals surface area contributed by atoms with Crippen molar-refractivity contribution >= 4 is 23.4 Å². The average molecular weight is 403 g/mol. The van der Waals surface area contributed by atoms with Crippen molar-refractivity contribution in [1.29, 1.82) is 0 Å². The van der Waals surface area contributed by atoms with Crippen molar-refractivity contribution < 1.29 is 19.1 Å². The van der Waals surface area contributed by atoms with E-state index in [0.717, 1.165) is 18.4 Å². The number of methoxy groups -OCH3 is 2. The van der Waals surface area contributed by atoms with Crippen LogP contribution in [0.5, 0.6) is 11.5 Å². The van der Waals surface area contributed by atoms with E-state index in [2.05, 4.69) is 5.32 Å². The van der Waals surface area contributed by atoms with Crippen molar-refractivity contribution in [3.05, 3.63) is 58.6 Å². The van der Waals surface area contributed by atoms with Crippen molar-refractivity contribution in [2.24, 2.45) is 0 Å². The molecule has 6 nitrogen and oxygen atoms in total. The van der Waals surface area contributed by atoms with Crippen LogP contribution >= 0.6 is 11.6 Å². The molecule has 7 heteroatoms. The van der Waals surface area contributed by atoms with E-state index in [-0.39, 0.29) is 24.4 Å².